The molecule has 14 heavy (non-hydrogen) atoms. The first kappa shape index (κ1) is 10.7. The Kier molecular flexibility index (Phi) is 3.65. The van der Waals surface area contributed by atoms with E-state index in [0.717, 1.165) is 5.56 Å². The van der Waals surface area contributed by atoms with Crippen molar-refractivity contribution in [2.24, 2.45) is 0 Å². The fourth-order valence-electron chi connectivity index (χ4n) is 1.29. The number of aliphatic carboxylic acids is 1. The van der Waals surface area contributed by atoms with Gasteiger partial charge in [0.05, 0.1) is 6.54 Å². The Morgan fingerprint density at radius 3 is 2.43 bits per heavy atom. The van der Waals surface area contributed by atoms with E-state index in [1.807, 2.05) is 31.2 Å². The highest BCUT2D eigenvalue weighted by atomic mass is 16.4. The van der Waals surface area contributed by atoms with Gasteiger partial charge in [-0.1, -0.05) is 29.8 Å². The largest absolute Gasteiger partial charge is 0.480 e. The molecule has 1 rings (SSSR count). The van der Waals surface area contributed by atoms with Crippen molar-refractivity contribution in [2.75, 3.05) is 13.6 Å². The topological polar surface area (TPSA) is 40.5 Å². The lowest BCUT2D eigenvalue weighted by Crippen LogP contribution is -2.25. The van der Waals surface area contributed by atoms with E-state index in [1.54, 1.807) is 11.9 Å². The molecule has 76 valence electrons. The third-order valence-corrected chi connectivity index (χ3v) is 1.98. The molecule has 0 aromatic heterocycles. The summed E-state index contributed by atoms with van der Waals surface area (Å²) in [5.41, 5.74) is 2.36. The molecule has 0 atom stereocenters. The predicted octanol–water partition coefficient (Wildman–Crippen LogP) is 1.51. The van der Waals surface area contributed by atoms with Gasteiger partial charge in [-0.25, -0.2) is 0 Å². The maximum atomic E-state index is 10.4. The number of likely N-dealkylation sites (N-methyl/N-ethyl adjacent to an activating group) is 1. The molecular formula is C11H15NO2. The van der Waals surface area contributed by atoms with Crippen LogP contribution >= 0.6 is 0 Å². The smallest absolute Gasteiger partial charge is 0.317 e. The molecule has 0 spiro atoms. The zero-order valence-electron chi connectivity index (χ0n) is 8.53. The highest BCUT2D eigenvalue weighted by Crippen LogP contribution is 2.05. The van der Waals surface area contributed by atoms with Gasteiger partial charge in [0.15, 0.2) is 0 Å². The van der Waals surface area contributed by atoms with E-state index in [9.17, 15) is 4.79 Å². The highest BCUT2D eigenvalue weighted by molar-refractivity contribution is 5.69. The highest BCUT2D eigenvalue weighted by Gasteiger charge is 2.04. The summed E-state index contributed by atoms with van der Waals surface area (Å²) in [6, 6.07) is 8.11. The Balaban J connectivity index is 2.51. The first-order valence-electron chi connectivity index (χ1n) is 4.54. The van der Waals surface area contributed by atoms with Crippen LogP contribution in [0.4, 0.5) is 0 Å². The molecule has 0 fully saturated rings. The summed E-state index contributed by atoms with van der Waals surface area (Å²) in [7, 11) is 1.80. The summed E-state index contributed by atoms with van der Waals surface area (Å²) in [6.45, 7) is 2.78. The summed E-state index contributed by atoms with van der Waals surface area (Å²) < 4.78 is 0. The van der Waals surface area contributed by atoms with E-state index in [-0.39, 0.29) is 6.54 Å². The minimum absolute atomic E-state index is 0.0773. The lowest BCUT2D eigenvalue weighted by Gasteiger charge is -2.13. The monoisotopic (exact) mass is 193 g/mol. The quantitative estimate of drug-likeness (QED) is 0.788. The van der Waals surface area contributed by atoms with Crippen LogP contribution in [0.1, 0.15) is 11.1 Å². The van der Waals surface area contributed by atoms with Crippen LogP contribution in [-0.4, -0.2) is 29.6 Å². The molecule has 1 aromatic rings. The predicted molar refractivity (Wildman–Crippen MR) is 55.1 cm³/mol. The Morgan fingerprint density at radius 2 is 1.93 bits per heavy atom. The van der Waals surface area contributed by atoms with Crippen LogP contribution in [-0.2, 0) is 11.3 Å². The van der Waals surface area contributed by atoms with Gasteiger partial charge in [-0.2, -0.15) is 0 Å². The average Bonchev–Trinajstić information content (AvgIpc) is 2.07. The van der Waals surface area contributed by atoms with Gasteiger partial charge in [0, 0.05) is 6.54 Å². The van der Waals surface area contributed by atoms with Gasteiger partial charge in [0.25, 0.3) is 0 Å². The molecule has 0 radical (unpaired) electrons. The molecule has 1 N–H and O–H groups in total. The molecule has 0 aliphatic carbocycles. The molecule has 1 aromatic carbocycles. The summed E-state index contributed by atoms with van der Waals surface area (Å²) >= 11 is 0. The van der Waals surface area contributed by atoms with E-state index in [4.69, 9.17) is 5.11 Å². The summed E-state index contributed by atoms with van der Waals surface area (Å²) in [6.07, 6.45) is 0. The SMILES string of the molecule is Cc1ccc(CN(C)CC(=O)O)cc1. The normalized spacial score (nSPS) is 10.5. The zero-order chi connectivity index (χ0) is 10.6. The second-order valence-corrected chi connectivity index (χ2v) is 3.55. The van der Waals surface area contributed by atoms with Crippen LogP contribution in [0, 0.1) is 6.92 Å². The van der Waals surface area contributed by atoms with Crippen molar-refractivity contribution in [2.45, 2.75) is 13.5 Å². The Hall–Kier alpha value is -1.35. The lowest BCUT2D eigenvalue weighted by atomic mass is 10.1. The molecule has 0 unspecified atom stereocenters. The number of carbonyl (C=O) groups is 1. The number of benzene rings is 1. The van der Waals surface area contributed by atoms with Crippen molar-refractivity contribution in [3.63, 3.8) is 0 Å². The van der Waals surface area contributed by atoms with Crippen molar-refractivity contribution in [1.82, 2.24) is 4.90 Å². The molecular weight excluding hydrogens is 178 g/mol. The van der Waals surface area contributed by atoms with Gasteiger partial charge < -0.3 is 5.11 Å². The molecule has 3 nitrogen and oxygen atoms in total. The molecule has 0 amide bonds. The second kappa shape index (κ2) is 4.77. The number of nitrogens with zero attached hydrogens (tertiary/aromatic N) is 1. The van der Waals surface area contributed by atoms with Crippen molar-refractivity contribution < 1.29 is 9.90 Å². The van der Waals surface area contributed by atoms with Gasteiger partial charge in [-0.15, -0.1) is 0 Å². The summed E-state index contributed by atoms with van der Waals surface area (Å²) in [4.78, 5) is 12.2. The summed E-state index contributed by atoms with van der Waals surface area (Å²) in [5, 5.41) is 8.56. The van der Waals surface area contributed by atoms with Crippen LogP contribution in [0.3, 0.4) is 0 Å². The van der Waals surface area contributed by atoms with Crippen LogP contribution in [0.15, 0.2) is 24.3 Å². The molecule has 0 heterocycles. The van der Waals surface area contributed by atoms with Crippen LogP contribution < -0.4 is 0 Å². The van der Waals surface area contributed by atoms with Crippen LogP contribution in [0.25, 0.3) is 0 Å². The molecule has 0 bridgehead atoms. The van der Waals surface area contributed by atoms with Gasteiger partial charge in [-0.05, 0) is 19.5 Å². The maximum Gasteiger partial charge on any atom is 0.317 e. The number of rotatable bonds is 4. The number of carboxylic acid groups (broad SMARTS) is 1. The summed E-state index contributed by atoms with van der Waals surface area (Å²) in [5.74, 6) is -0.792. The van der Waals surface area contributed by atoms with Gasteiger partial charge in [-0.3, -0.25) is 9.69 Å². The van der Waals surface area contributed by atoms with Crippen LogP contribution in [0.2, 0.25) is 0 Å². The molecule has 3 heteroatoms. The number of hydrogen-bond acceptors (Lipinski definition) is 2. The van der Waals surface area contributed by atoms with Gasteiger partial charge in [0.2, 0.25) is 0 Å². The third kappa shape index (κ3) is 3.58. The van der Waals surface area contributed by atoms with E-state index in [1.165, 1.54) is 5.56 Å². The van der Waals surface area contributed by atoms with Crippen molar-refractivity contribution in [3.05, 3.63) is 35.4 Å². The average molecular weight is 193 g/mol. The second-order valence-electron chi connectivity index (χ2n) is 3.55. The Bertz CT molecular complexity index is 306. The Morgan fingerprint density at radius 1 is 1.36 bits per heavy atom. The third-order valence-electron chi connectivity index (χ3n) is 1.98. The van der Waals surface area contributed by atoms with Gasteiger partial charge in [0.1, 0.15) is 0 Å². The number of hydrogen-bond donors (Lipinski definition) is 1. The zero-order valence-corrected chi connectivity index (χ0v) is 8.53. The van der Waals surface area contributed by atoms with Gasteiger partial charge >= 0.3 is 5.97 Å². The fraction of sp³-hybridized carbons (Fsp3) is 0.364. The molecule has 0 saturated carbocycles. The number of aryl methyl sites for hydroxylation is 1. The van der Waals surface area contributed by atoms with Crippen molar-refractivity contribution in [1.29, 1.82) is 0 Å². The molecule has 0 aliphatic heterocycles. The van der Waals surface area contributed by atoms with E-state index in [2.05, 4.69) is 0 Å². The van der Waals surface area contributed by atoms with E-state index >= 15 is 0 Å². The standard InChI is InChI=1S/C11H15NO2/c1-9-3-5-10(6-4-9)7-12(2)8-11(13)14/h3-6H,7-8H2,1-2H3,(H,13,14). The van der Waals surface area contributed by atoms with Crippen LogP contribution in [0.5, 0.6) is 0 Å². The first-order valence-corrected chi connectivity index (χ1v) is 4.54. The van der Waals surface area contributed by atoms with E-state index < -0.39 is 5.97 Å². The van der Waals surface area contributed by atoms with E-state index in [0.29, 0.717) is 6.54 Å². The molecule has 0 saturated heterocycles. The minimum atomic E-state index is -0.792. The number of carboxylic acids is 1. The minimum Gasteiger partial charge on any atom is -0.480 e. The first-order chi connectivity index (χ1) is 6.58. The lowest BCUT2D eigenvalue weighted by molar-refractivity contribution is -0.138. The fourth-order valence-corrected chi connectivity index (χ4v) is 1.29. The van der Waals surface area contributed by atoms with Crippen molar-refractivity contribution >= 4 is 5.97 Å². The Labute approximate surface area is 84.0 Å². The maximum absolute atomic E-state index is 10.4. The van der Waals surface area contributed by atoms with Crippen molar-refractivity contribution in [3.8, 4) is 0 Å². The molecule has 0 aliphatic rings.